The summed E-state index contributed by atoms with van der Waals surface area (Å²) in [7, 11) is 1.85. The summed E-state index contributed by atoms with van der Waals surface area (Å²) in [4.78, 5) is 17.3. The molecule has 3 rings (SSSR count). The Morgan fingerprint density at radius 2 is 1.97 bits per heavy atom. The number of aromatic nitrogens is 2. The van der Waals surface area contributed by atoms with Gasteiger partial charge in [0, 0.05) is 30.8 Å². The van der Waals surface area contributed by atoms with Crippen molar-refractivity contribution in [2.45, 2.75) is 70.9 Å². The van der Waals surface area contributed by atoms with E-state index in [0.717, 1.165) is 30.7 Å². The fourth-order valence-corrected chi connectivity index (χ4v) is 3.93. The summed E-state index contributed by atoms with van der Waals surface area (Å²) >= 11 is 0. The van der Waals surface area contributed by atoms with Crippen LogP contribution in [-0.4, -0.2) is 40.8 Å². The standard InChI is InChI=1S/C24H31F4N3O3/c1-15(25)14-34-19-9-8-16(24(26,27)28)11-18(19)22(32)29-21-12-20(23(2,3)4)30(5)31(21)13-17-7-6-10-33-17/h8-9,11-12,15,17H,6-7,10,13-14H2,1-5H3/t15-,17-/m1/s1. The molecule has 1 aromatic heterocycles. The molecular formula is C24H31F4N3O3. The van der Waals surface area contributed by atoms with E-state index in [4.69, 9.17) is 9.47 Å². The lowest BCUT2D eigenvalue weighted by Crippen LogP contribution is -2.30. The quantitative estimate of drug-likeness (QED) is 0.553. The van der Waals surface area contributed by atoms with Gasteiger partial charge in [0.15, 0.2) is 5.49 Å². The summed E-state index contributed by atoms with van der Waals surface area (Å²) in [6.07, 6.45) is -4.27. The van der Waals surface area contributed by atoms with Crippen LogP contribution in [0.5, 0.6) is 5.75 Å². The molecule has 0 spiro atoms. The van der Waals surface area contributed by atoms with Crippen molar-refractivity contribution in [1.29, 1.82) is 0 Å². The lowest BCUT2D eigenvalue weighted by atomic mass is 9.92. The fourth-order valence-electron chi connectivity index (χ4n) is 3.93. The van der Waals surface area contributed by atoms with Crippen molar-refractivity contribution < 1.29 is 31.8 Å². The highest BCUT2D eigenvalue weighted by Gasteiger charge is 2.32. The molecule has 34 heavy (non-hydrogen) atoms. The molecular weight excluding hydrogens is 454 g/mol. The second-order valence-electron chi connectivity index (χ2n) is 9.60. The average molecular weight is 486 g/mol. The zero-order valence-corrected chi connectivity index (χ0v) is 20.1. The van der Waals surface area contributed by atoms with Crippen LogP contribution >= 0.6 is 0 Å². The second kappa shape index (κ2) is 9.93. The van der Waals surface area contributed by atoms with Gasteiger partial charge in [-0.05, 0) is 38.0 Å². The first-order valence-corrected chi connectivity index (χ1v) is 11.2. The maximum absolute atomic E-state index is 13.3. The van der Waals surface area contributed by atoms with Crippen LogP contribution in [0, 0.1) is 0 Å². The number of ether oxygens (including phenoxy) is 2. The smallest absolute Gasteiger partial charge is 0.416 e. The van der Waals surface area contributed by atoms with E-state index in [-0.39, 0.29) is 22.8 Å². The lowest BCUT2D eigenvalue weighted by molar-refractivity contribution is -0.137. The molecule has 1 aliphatic rings. The Kier molecular flexibility index (Phi) is 7.59. The van der Waals surface area contributed by atoms with E-state index in [1.54, 1.807) is 10.7 Å². The monoisotopic (exact) mass is 485 g/mol. The molecule has 2 heterocycles. The summed E-state index contributed by atoms with van der Waals surface area (Å²) in [5.74, 6) is -1.05. The number of carbonyl (C=O) groups is 1. The molecule has 1 saturated heterocycles. The topological polar surface area (TPSA) is 57.8 Å². The van der Waals surface area contributed by atoms with E-state index in [1.807, 2.05) is 32.5 Å². The van der Waals surface area contributed by atoms with Gasteiger partial charge in [-0.25, -0.2) is 4.39 Å². The minimum atomic E-state index is -4.66. The number of hydrogen-bond donors (Lipinski definition) is 0. The Balaban J connectivity index is 2.10. The van der Waals surface area contributed by atoms with Crippen molar-refractivity contribution in [2.75, 3.05) is 13.2 Å². The highest BCUT2D eigenvalue weighted by molar-refractivity contribution is 5.97. The van der Waals surface area contributed by atoms with Crippen molar-refractivity contribution in [3.63, 3.8) is 0 Å². The summed E-state index contributed by atoms with van der Waals surface area (Å²) in [6, 6.07) is 4.28. The predicted octanol–water partition coefficient (Wildman–Crippen LogP) is 4.80. The number of amides is 1. The molecule has 10 heteroatoms. The number of rotatable bonds is 6. The number of carbonyl (C=O) groups excluding carboxylic acids is 1. The van der Waals surface area contributed by atoms with Gasteiger partial charge in [0.1, 0.15) is 18.5 Å². The second-order valence-corrected chi connectivity index (χ2v) is 9.60. The van der Waals surface area contributed by atoms with E-state index in [2.05, 4.69) is 4.99 Å². The molecule has 0 unspecified atom stereocenters. The van der Waals surface area contributed by atoms with Gasteiger partial charge in [0.2, 0.25) is 0 Å². The van der Waals surface area contributed by atoms with Gasteiger partial charge in [0.25, 0.3) is 5.91 Å². The van der Waals surface area contributed by atoms with Gasteiger partial charge in [-0.15, -0.1) is 0 Å². The summed E-state index contributed by atoms with van der Waals surface area (Å²) in [6.45, 7) is 8.00. The molecule has 0 saturated carbocycles. The Labute approximate surface area is 196 Å². The maximum atomic E-state index is 13.3. The van der Waals surface area contributed by atoms with Crippen molar-refractivity contribution in [1.82, 2.24) is 9.36 Å². The Hall–Kier alpha value is -2.62. The van der Waals surface area contributed by atoms with Crippen molar-refractivity contribution in [3.05, 3.63) is 46.6 Å². The lowest BCUT2D eigenvalue weighted by Gasteiger charge is -2.21. The van der Waals surface area contributed by atoms with Gasteiger partial charge < -0.3 is 9.47 Å². The summed E-state index contributed by atoms with van der Waals surface area (Å²) in [5, 5.41) is 0. The summed E-state index contributed by atoms with van der Waals surface area (Å²) < 4.78 is 68.0. The van der Waals surface area contributed by atoms with Crippen molar-refractivity contribution in [3.8, 4) is 5.75 Å². The van der Waals surface area contributed by atoms with Crippen LogP contribution < -0.4 is 10.2 Å². The van der Waals surface area contributed by atoms with Crippen LogP contribution in [0.2, 0.25) is 0 Å². The first kappa shape index (κ1) is 26.0. The van der Waals surface area contributed by atoms with Gasteiger partial charge in [0.05, 0.1) is 23.8 Å². The van der Waals surface area contributed by atoms with Gasteiger partial charge >= 0.3 is 6.18 Å². The number of benzene rings is 1. The minimum Gasteiger partial charge on any atom is -0.490 e. The SMILES string of the molecule is C[C@@H](F)COc1ccc(C(F)(F)F)cc1C(=O)N=c1cc(C(C)(C)C)n(C)n1C[C@H]1CCCO1. The van der Waals surface area contributed by atoms with Crippen LogP contribution in [0.1, 0.15) is 62.2 Å². The molecule has 6 nitrogen and oxygen atoms in total. The maximum Gasteiger partial charge on any atom is 0.416 e. The molecule has 1 amide bonds. The highest BCUT2D eigenvalue weighted by Crippen LogP contribution is 2.33. The largest absolute Gasteiger partial charge is 0.490 e. The Morgan fingerprint density at radius 3 is 2.53 bits per heavy atom. The van der Waals surface area contributed by atoms with E-state index in [9.17, 15) is 22.4 Å². The molecule has 0 bridgehead atoms. The van der Waals surface area contributed by atoms with Gasteiger partial charge in [-0.2, -0.15) is 18.2 Å². The molecule has 1 fully saturated rings. The highest BCUT2D eigenvalue weighted by atomic mass is 19.4. The summed E-state index contributed by atoms with van der Waals surface area (Å²) in [5.41, 5.74) is -0.465. The van der Waals surface area contributed by atoms with E-state index >= 15 is 0 Å². The zero-order chi connectivity index (χ0) is 25.3. The van der Waals surface area contributed by atoms with Crippen molar-refractivity contribution in [2.24, 2.45) is 12.0 Å². The van der Waals surface area contributed by atoms with E-state index in [1.165, 1.54) is 6.92 Å². The van der Waals surface area contributed by atoms with Crippen LogP contribution in [0.4, 0.5) is 17.6 Å². The van der Waals surface area contributed by atoms with Crippen LogP contribution in [0.15, 0.2) is 29.3 Å². The Morgan fingerprint density at radius 1 is 1.26 bits per heavy atom. The van der Waals surface area contributed by atoms with E-state index < -0.39 is 30.4 Å². The molecule has 2 aromatic rings. The first-order valence-electron chi connectivity index (χ1n) is 11.2. The molecule has 188 valence electrons. The number of hydrogen-bond acceptors (Lipinski definition) is 3. The van der Waals surface area contributed by atoms with E-state index in [0.29, 0.717) is 24.7 Å². The molecule has 1 aliphatic heterocycles. The molecule has 1 aromatic carbocycles. The van der Waals surface area contributed by atoms with Crippen molar-refractivity contribution >= 4 is 5.91 Å². The number of halogens is 4. The number of nitrogens with zero attached hydrogens (tertiary/aromatic N) is 3. The predicted molar refractivity (Wildman–Crippen MR) is 118 cm³/mol. The van der Waals surface area contributed by atoms with Crippen LogP contribution in [0.25, 0.3) is 0 Å². The fraction of sp³-hybridized carbons (Fsp3) is 0.583. The van der Waals surface area contributed by atoms with Gasteiger partial charge in [-0.3, -0.25) is 14.2 Å². The molecule has 2 atom stereocenters. The third kappa shape index (κ3) is 6.08. The molecule has 0 aliphatic carbocycles. The van der Waals surface area contributed by atoms with Crippen LogP contribution in [-0.2, 0) is 29.9 Å². The number of alkyl halides is 4. The molecule has 0 radical (unpaired) electrons. The zero-order valence-electron chi connectivity index (χ0n) is 20.1. The minimum absolute atomic E-state index is 0.0473. The normalized spacial score (nSPS) is 18.4. The molecule has 0 N–H and O–H groups in total. The average Bonchev–Trinajstić information content (AvgIpc) is 3.34. The Bertz CT molecular complexity index is 1090. The van der Waals surface area contributed by atoms with Crippen LogP contribution in [0.3, 0.4) is 0 Å². The first-order chi connectivity index (χ1) is 15.8. The van der Waals surface area contributed by atoms with Gasteiger partial charge in [-0.1, -0.05) is 20.8 Å². The third-order valence-electron chi connectivity index (χ3n) is 5.63. The third-order valence-corrected chi connectivity index (χ3v) is 5.63.